The molecule has 0 radical (unpaired) electrons. The molecule has 1 N–H and O–H groups in total. The summed E-state index contributed by atoms with van der Waals surface area (Å²) in [4.78, 5) is 0. The molecule has 0 aliphatic carbocycles. The Labute approximate surface area is 95.8 Å². The minimum Gasteiger partial charge on any atom is -0.383 e. The maximum absolute atomic E-state index is 4.98. The number of nitrogens with one attached hydrogen (secondary N) is 1. The van der Waals surface area contributed by atoms with E-state index >= 15 is 0 Å². The molecule has 1 unspecified atom stereocenters. The quantitative estimate of drug-likeness (QED) is 0.534. The van der Waals surface area contributed by atoms with Crippen molar-refractivity contribution in [2.75, 3.05) is 26.8 Å². The smallest absolute Gasteiger partial charge is 0.0587 e. The number of hydrogen-bond donors (Lipinski definition) is 1. The van der Waals surface area contributed by atoms with Gasteiger partial charge >= 0.3 is 0 Å². The molecule has 2 heteroatoms. The number of methoxy groups -OCH3 is 1. The standard InChI is InChI=1S/C13H29NO/c1-4-6-8-13(5-2)9-7-10-14-11-12-15-3/h13-14H,4-12H2,1-3H3. The van der Waals surface area contributed by atoms with Gasteiger partial charge in [0.2, 0.25) is 0 Å². The van der Waals surface area contributed by atoms with E-state index in [9.17, 15) is 0 Å². The van der Waals surface area contributed by atoms with E-state index in [1.165, 1.54) is 38.5 Å². The molecule has 0 aromatic rings. The lowest BCUT2D eigenvalue weighted by Gasteiger charge is -2.14. The molecule has 0 aliphatic heterocycles. The van der Waals surface area contributed by atoms with Crippen LogP contribution in [0.1, 0.15) is 52.4 Å². The van der Waals surface area contributed by atoms with Gasteiger partial charge in [0.1, 0.15) is 0 Å². The zero-order chi connectivity index (χ0) is 11.4. The van der Waals surface area contributed by atoms with Crippen molar-refractivity contribution in [3.8, 4) is 0 Å². The van der Waals surface area contributed by atoms with Gasteiger partial charge in [-0.2, -0.15) is 0 Å². The Bertz CT molecular complexity index is 117. The van der Waals surface area contributed by atoms with E-state index in [-0.39, 0.29) is 0 Å². The minimum absolute atomic E-state index is 0.826. The van der Waals surface area contributed by atoms with Crippen LogP contribution in [0.2, 0.25) is 0 Å². The van der Waals surface area contributed by atoms with Gasteiger partial charge in [-0.3, -0.25) is 0 Å². The van der Waals surface area contributed by atoms with Crippen molar-refractivity contribution in [3.63, 3.8) is 0 Å². The molecule has 0 aromatic heterocycles. The van der Waals surface area contributed by atoms with Crippen LogP contribution in [0.3, 0.4) is 0 Å². The number of hydrogen-bond acceptors (Lipinski definition) is 2. The lowest BCUT2D eigenvalue weighted by Crippen LogP contribution is -2.20. The average molecular weight is 215 g/mol. The Morgan fingerprint density at radius 1 is 1.07 bits per heavy atom. The van der Waals surface area contributed by atoms with E-state index in [0.29, 0.717) is 0 Å². The first kappa shape index (κ1) is 14.9. The molecule has 0 spiro atoms. The molecule has 15 heavy (non-hydrogen) atoms. The highest BCUT2D eigenvalue weighted by Crippen LogP contribution is 2.17. The van der Waals surface area contributed by atoms with Crippen molar-refractivity contribution in [1.29, 1.82) is 0 Å². The highest BCUT2D eigenvalue weighted by atomic mass is 16.5. The van der Waals surface area contributed by atoms with Crippen LogP contribution in [-0.4, -0.2) is 26.8 Å². The van der Waals surface area contributed by atoms with E-state index < -0.39 is 0 Å². The lowest BCUT2D eigenvalue weighted by atomic mass is 9.94. The second-order valence-corrected chi connectivity index (χ2v) is 4.30. The van der Waals surface area contributed by atoms with Crippen molar-refractivity contribution in [2.45, 2.75) is 52.4 Å². The Hall–Kier alpha value is -0.0800. The van der Waals surface area contributed by atoms with Crippen molar-refractivity contribution < 1.29 is 4.74 Å². The van der Waals surface area contributed by atoms with Gasteiger partial charge in [-0.25, -0.2) is 0 Å². The van der Waals surface area contributed by atoms with Gasteiger partial charge in [0, 0.05) is 13.7 Å². The zero-order valence-electron chi connectivity index (χ0n) is 10.8. The third kappa shape index (κ3) is 10.2. The molecule has 0 aromatic carbocycles. The summed E-state index contributed by atoms with van der Waals surface area (Å²) in [6.07, 6.45) is 8.20. The maximum Gasteiger partial charge on any atom is 0.0587 e. The third-order valence-electron chi connectivity index (χ3n) is 2.99. The van der Waals surface area contributed by atoms with Crippen molar-refractivity contribution in [3.05, 3.63) is 0 Å². The molecule has 0 amide bonds. The number of rotatable bonds is 11. The fourth-order valence-corrected chi connectivity index (χ4v) is 1.86. The van der Waals surface area contributed by atoms with Gasteiger partial charge in [-0.1, -0.05) is 39.5 Å². The molecule has 0 bridgehead atoms. The van der Waals surface area contributed by atoms with Crippen molar-refractivity contribution in [1.82, 2.24) is 5.32 Å². The predicted molar refractivity (Wildman–Crippen MR) is 67.3 cm³/mol. The van der Waals surface area contributed by atoms with E-state index in [0.717, 1.165) is 25.6 Å². The fourth-order valence-electron chi connectivity index (χ4n) is 1.86. The molecule has 0 aliphatic rings. The van der Waals surface area contributed by atoms with E-state index in [1.807, 2.05) is 0 Å². The summed E-state index contributed by atoms with van der Waals surface area (Å²) < 4.78 is 4.98. The molecule has 0 fully saturated rings. The first-order valence-corrected chi connectivity index (χ1v) is 6.54. The van der Waals surface area contributed by atoms with Crippen LogP contribution in [0.15, 0.2) is 0 Å². The van der Waals surface area contributed by atoms with Gasteiger partial charge in [-0.15, -0.1) is 0 Å². The average Bonchev–Trinajstić information content (AvgIpc) is 2.27. The summed E-state index contributed by atoms with van der Waals surface area (Å²) in [6.45, 7) is 7.55. The first-order valence-electron chi connectivity index (χ1n) is 6.54. The van der Waals surface area contributed by atoms with Gasteiger partial charge < -0.3 is 10.1 Å². The van der Waals surface area contributed by atoms with E-state index in [1.54, 1.807) is 7.11 Å². The van der Waals surface area contributed by atoms with Crippen LogP contribution in [-0.2, 0) is 4.74 Å². The van der Waals surface area contributed by atoms with E-state index in [4.69, 9.17) is 4.74 Å². The summed E-state index contributed by atoms with van der Waals surface area (Å²) in [6, 6.07) is 0. The van der Waals surface area contributed by atoms with Crippen LogP contribution in [0.4, 0.5) is 0 Å². The number of ether oxygens (including phenoxy) is 1. The largest absolute Gasteiger partial charge is 0.383 e. The Morgan fingerprint density at radius 3 is 2.40 bits per heavy atom. The summed E-state index contributed by atoms with van der Waals surface area (Å²) in [7, 11) is 1.75. The molecular weight excluding hydrogens is 186 g/mol. The molecule has 92 valence electrons. The summed E-state index contributed by atoms with van der Waals surface area (Å²) in [5, 5.41) is 3.40. The highest BCUT2D eigenvalue weighted by Gasteiger charge is 2.04. The molecular formula is C13H29NO. The first-order chi connectivity index (χ1) is 7.35. The van der Waals surface area contributed by atoms with Crippen molar-refractivity contribution in [2.24, 2.45) is 5.92 Å². The monoisotopic (exact) mass is 215 g/mol. The Balaban J connectivity index is 3.22. The second-order valence-electron chi connectivity index (χ2n) is 4.30. The lowest BCUT2D eigenvalue weighted by molar-refractivity contribution is 0.199. The molecule has 1 atom stereocenters. The van der Waals surface area contributed by atoms with Crippen LogP contribution in [0, 0.1) is 5.92 Å². The topological polar surface area (TPSA) is 21.3 Å². The van der Waals surface area contributed by atoms with Gasteiger partial charge in [-0.05, 0) is 25.3 Å². The number of unbranched alkanes of at least 4 members (excludes halogenated alkanes) is 1. The maximum atomic E-state index is 4.98. The minimum atomic E-state index is 0.826. The Kier molecular flexibility index (Phi) is 11.9. The molecule has 0 saturated carbocycles. The summed E-state index contributed by atoms with van der Waals surface area (Å²) >= 11 is 0. The molecule has 0 rings (SSSR count). The van der Waals surface area contributed by atoms with Crippen LogP contribution >= 0.6 is 0 Å². The molecule has 2 nitrogen and oxygen atoms in total. The predicted octanol–water partition coefficient (Wildman–Crippen LogP) is 3.22. The normalized spacial score (nSPS) is 13.0. The van der Waals surface area contributed by atoms with E-state index in [2.05, 4.69) is 19.2 Å². The molecule has 0 heterocycles. The van der Waals surface area contributed by atoms with Gasteiger partial charge in [0.25, 0.3) is 0 Å². The zero-order valence-corrected chi connectivity index (χ0v) is 10.8. The van der Waals surface area contributed by atoms with Crippen LogP contribution < -0.4 is 5.32 Å². The van der Waals surface area contributed by atoms with Crippen LogP contribution in [0.5, 0.6) is 0 Å². The summed E-state index contributed by atoms with van der Waals surface area (Å²) in [5.74, 6) is 0.953. The van der Waals surface area contributed by atoms with Gasteiger partial charge in [0.05, 0.1) is 6.61 Å². The summed E-state index contributed by atoms with van der Waals surface area (Å²) in [5.41, 5.74) is 0. The van der Waals surface area contributed by atoms with Gasteiger partial charge in [0.15, 0.2) is 0 Å². The molecule has 0 saturated heterocycles. The Morgan fingerprint density at radius 2 is 1.80 bits per heavy atom. The van der Waals surface area contributed by atoms with Crippen LogP contribution in [0.25, 0.3) is 0 Å². The third-order valence-corrected chi connectivity index (χ3v) is 2.99. The van der Waals surface area contributed by atoms with Crippen molar-refractivity contribution >= 4 is 0 Å². The second kappa shape index (κ2) is 12.0. The SMILES string of the molecule is CCCCC(CC)CCCNCCOC. The fraction of sp³-hybridized carbons (Fsp3) is 1.00. The highest BCUT2D eigenvalue weighted by molar-refractivity contribution is 4.59.